The number of thiophene rings is 1. The van der Waals surface area contributed by atoms with E-state index in [-0.39, 0.29) is 5.92 Å². The summed E-state index contributed by atoms with van der Waals surface area (Å²) >= 11 is 8.30. The molecule has 2 rings (SSSR count). The standard InChI is InChI=1S/C12H14Br2O3S/c13-9-5-8(11(14)18-9)10(15)6-3-1-2-4-7(6)12(16)17/h5-7,10,15H,1-4H2,(H,16,17). The summed E-state index contributed by atoms with van der Waals surface area (Å²) in [7, 11) is 0. The summed E-state index contributed by atoms with van der Waals surface area (Å²) in [6.07, 6.45) is 2.67. The van der Waals surface area contributed by atoms with Gasteiger partial charge in [-0.15, -0.1) is 11.3 Å². The molecular weight excluding hydrogens is 384 g/mol. The first-order chi connectivity index (χ1) is 8.50. The third-order valence-electron chi connectivity index (χ3n) is 3.54. The van der Waals surface area contributed by atoms with Gasteiger partial charge in [0.2, 0.25) is 0 Å². The molecule has 1 saturated carbocycles. The third kappa shape index (κ3) is 2.98. The highest BCUT2D eigenvalue weighted by Crippen LogP contribution is 2.44. The van der Waals surface area contributed by atoms with Crippen molar-refractivity contribution in [2.75, 3.05) is 0 Å². The van der Waals surface area contributed by atoms with E-state index in [1.54, 1.807) is 0 Å². The first kappa shape index (κ1) is 14.5. The van der Waals surface area contributed by atoms with Crippen molar-refractivity contribution in [2.24, 2.45) is 11.8 Å². The van der Waals surface area contributed by atoms with Gasteiger partial charge in [-0.1, -0.05) is 12.8 Å². The van der Waals surface area contributed by atoms with E-state index in [0.29, 0.717) is 6.42 Å². The van der Waals surface area contributed by atoms with E-state index in [9.17, 15) is 15.0 Å². The molecule has 2 N–H and O–H groups in total. The molecule has 3 nitrogen and oxygen atoms in total. The lowest BCUT2D eigenvalue weighted by molar-refractivity contribution is -0.147. The monoisotopic (exact) mass is 396 g/mol. The summed E-state index contributed by atoms with van der Waals surface area (Å²) in [5.74, 6) is -1.41. The van der Waals surface area contributed by atoms with Crippen LogP contribution in [0.2, 0.25) is 0 Å². The molecule has 0 bridgehead atoms. The predicted octanol–water partition coefficient (Wildman–Crippen LogP) is 4.20. The van der Waals surface area contributed by atoms with Crippen LogP contribution in [0.25, 0.3) is 0 Å². The van der Waals surface area contributed by atoms with E-state index in [1.165, 1.54) is 11.3 Å². The highest BCUT2D eigenvalue weighted by atomic mass is 79.9. The molecule has 0 spiro atoms. The molecule has 18 heavy (non-hydrogen) atoms. The number of aliphatic hydroxyl groups excluding tert-OH is 1. The Kier molecular flexibility index (Phi) is 4.86. The summed E-state index contributed by atoms with van der Waals surface area (Å²) in [5.41, 5.74) is 0.796. The van der Waals surface area contributed by atoms with Gasteiger partial charge in [-0.3, -0.25) is 4.79 Å². The van der Waals surface area contributed by atoms with Gasteiger partial charge in [0.1, 0.15) is 0 Å². The molecule has 1 heterocycles. The molecule has 0 aromatic carbocycles. The average Bonchev–Trinajstić information content (AvgIpc) is 2.67. The molecular formula is C12H14Br2O3S. The molecule has 0 aliphatic heterocycles. The van der Waals surface area contributed by atoms with E-state index < -0.39 is 18.0 Å². The molecule has 0 saturated heterocycles. The number of carboxylic acid groups (broad SMARTS) is 1. The van der Waals surface area contributed by atoms with Gasteiger partial charge >= 0.3 is 5.97 Å². The number of aliphatic carboxylic acids is 1. The van der Waals surface area contributed by atoms with E-state index in [4.69, 9.17) is 0 Å². The maximum Gasteiger partial charge on any atom is 0.306 e. The number of aliphatic hydroxyl groups is 1. The molecule has 3 atom stereocenters. The summed E-state index contributed by atoms with van der Waals surface area (Å²) in [5, 5.41) is 19.7. The Morgan fingerprint density at radius 2 is 2.06 bits per heavy atom. The Bertz CT molecular complexity index is 447. The summed E-state index contributed by atoms with van der Waals surface area (Å²) in [6, 6.07) is 1.87. The summed E-state index contributed by atoms with van der Waals surface area (Å²) < 4.78 is 1.81. The van der Waals surface area contributed by atoms with Crippen molar-refractivity contribution >= 4 is 49.2 Å². The minimum atomic E-state index is -0.788. The van der Waals surface area contributed by atoms with Crippen LogP contribution in [0.1, 0.15) is 37.4 Å². The molecule has 100 valence electrons. The number of hydrogen-bond donors (Lipinski definition) is 2. The van der Waals surface area contributed by atoms with Gasteiger partial charge in [0.25, 0.3) is 0 Å². The van der Waals surface area contributed by atoms with Crippen molar-refractivity contribution in [3.8, 4) is 0 Å². The van der Waals surface area contributed by atoms with Gasteiger partial charge in [-0.25, -0.2) is 0 Å². The van der Waals surface area contributed by atoms with E-state index in [1.807, 2.05) is 6.07 Å². The van der Waals surface area contributed by atoms with Crippen molar-refractivity contribution in [2.45, 2.75) is 31.8 Å². The topological polar surface area (TPSA) is 57.5 Å². The molecule has 1 fully saturated rings. The second-order valence-electron chi connectivity index (χ2n) is 4.62. The molecule has 0 radical (unpaired) electrons. The second kappa shape index (κ2) is 6.03. The van der Waals surface area contributed by atoms with E-state index in [2.05, 4.69) is 31.9 Å². The zero-order valence-electron chi connectivity index (χ0n) is 9.60. The zero-order valence-corrected chi connectivity index (χ0v) is 13.6. The average molecular weight is 398 g/mol. The maximum absolute atomic E-state index is 11.3. The van der Waals surface area contributed by atoms with E-state index in [0.717, 1.165) is 32.4 Å². The lowest BCUT2D eigenvalue weighted by Gasteiger charge is -2.32. The van der Waals surface area contributed by atoms with Crippen LogP contribution in [0.4, 0.5) is 0 Å². The minimum absolute atomic E-state index is 0.186. The zero-order chi connectivity index (χ0) is 13.3. The SMILES string of the molecule is O=C(O)C1CCCCC1C(O)c1cc(Br)sc1Br. The van der Waals surface area contributed by atoms with Crippen molar-refractivity contribution < 1.29 is 15.0 Å². The van der Waals surface area contributed by atoms with Crippen LogP contribution in [-0.4, -0.2) is 16.2 Å². The normalized spacial score (nSPS) is 25.9. The van der Waals surface area contributed by atoms with Crippen molar-refractivity contribution in [1.82, 2.24) is 0 Å². The maximum atomic E-state index is 11.3. The van der Waals surface area contributed by atoms with Gasteiger partial charge in [-0.05, 0) is 50.8 Å². The molecule has 1 aromatic heterocycles. The number of rotatable bonds is 3. The first-order valence-corrected chi connectivity index (χ1v) is 8.26. The number of hydrogen-bond acceptors (Lipinski definition) is 3. The fourth-order valence-corrected chi connectivity index (χ4v) is 5.54. The second-order valence-corrected chi connectivity index (χ2v) is 8.37. The number of carboxylic acids is 1. The lowest BCUT2D eigenvalue weighted by atomic mass is 9.75. The van der Waals surface area contributed by atoms with Crippen LogP contribution in [0.5, 0.6) is 0 Å². The molecule has 3 unspecified atom stereocenters. The van der Waals surface area contributed by atoms with Crippen LogP contribution >= 0.6 is 43.2 Å². The Hall–Kier alpha value is 0.0900. The third-order valence-corrected chi connectivity index (χ3v) is 5.93. The van der Waals surface area contributed by atoms with Crippen LogP contribution < -0.4 is 0 Å². The highest BCUT2D eigenvalue weighted by Gasteiger charge is 2.37. The molecule has 1 aliphatic carbocycles. The number of carbonyl (C=O) groups is 1. The van der Waals surface area contributed by atoms with Gasteiger partial charge in [0, 0.05) is 11.5 Å². The molecule has 1 aromatic rings. The van der Waals surface area contributed by atoms with Crippen molar-refractivity contribution in [3.05, 3.63) is 19.2 Å². The molecule has 6 heteroatoms. The van der Waals surface area contributed by atoms with E-state index >= 15 is 0 Å². The van der Waals surface area contributed by atoms with Crippen molar-refractivity contribution in [3.63, 3.8) is 0 Å². The van der Waals surface area contributed by atoms with Crippen molar-refractivity contribution in [1.29, 1.82) is 0 Å². The Morgan fingerprint density at radius 3 is 2.61 bits per heavy atom. The summed E-state index contributed by atoms with van der Waals surface area (Å²) in [6.45, 7) is 0. The lowest BCUT2D eigenvalue weighted by Crippen LogP contribution is -2.31. The molecule has 1 aliphatic rings. The van der Waals surface area contributed by atoms with Gasteiger partial charge < -0.3 is 10.2 Å². The van der Waals surface area contributed by atoms with Crippen LogP contribution in [0, 0.1) is 11.8 Å². The fourth-order valence-electron chi connectivity index (χ4n) is 2.63. The van der Waals surface area contributed by atoms with Gasteiger partial charge in [0.05, 0.1) is 19.6 Å². The van der Waals surface area contributed by atoms with Crippen LogP contribution in [0.15, 0.2) is 13.6 Å². The fraction of sp³-hybridized carbons (Fsp3) is 0.583. The molecule has 0 amide bonds. The van der Waals surface area contributed by atoms with Crippen LogP contribution in [-0.2, 0) is 4.79 Å². The predicted molar refractivity (Wildman–Crippen MR) is 77.8 cm³/mol. The van der Waals surface area contributed by atoms with Crippen LogP contribution in [0.3, 0.4) is 0 Å². The Morgan fingerprint density at radius 1 is 1.39 bits per heavy atom. The first-order valence-electron chi connectivity index (χ1n) is 5.86. The van der Waals surface area contributed by atoms with Gasteiger partial charge in [-0.2, -0.15) is 0 Å². The largest absolute Gasteiger partial charge is 0.481 e. The minimum Gasteiger partial charge on any atom is -0.481 e. The smallest absolute Gasteiger partial charge is 0.306 e. The quantitative estimate of drug-likeness (QED) is 0.803. The number of halogens is 2. The summed E-state index contributed by atoms with van der Waals surface area (Å²) in [4.78, 5) is 11.3. The van der Waals surface area contributed by atoms with Gasteiger partial charge in [0.15, 0.2) is 0 Å². The Labute approximate surface area is 126 Å². The highest BCUT2D eigenvalue weighted by molar-refractivity contribution is 9.12. The Balaban J connectivity index is 2.23.